The van der Waals surface area contributed by atoms with Crippen LogP contribution in [0.15, 0.2) is 30.3 Å². The summed E-state index contributed by atoms with van der Waals surface area (Å²) in [5.74, 6) is -4.34. The molecule has 0 saturated heterocycles. The number of aliphatic carboxylic acids is 1. The molecule has 8 N–H and O–H groups in total. The van der Waals surface area contributed by atoms with E-state index in [0.717, 1.165) is 5.56 Å². The zero-order valence-corrected chi connectivity index (χ0v) is 22.1. The Kier molecular flexibility index (Phi) is 13.5. The number of carbonyl (C=O) groups is 6. The van der Waals surface area contributed by atoms with E-state index in [2.05, 4.69) is 26.6 Å². The summed E-state index contributed by atoms with van der Waals surface area (Å²) >= 11 is 0. The maximum Gasteiger partial charge on any atom is 0.325 e. The van der Waals surface area contributed by atoms with Crippen molar-refractivity contribution in [3.05, 3.63) is 35.9 Å². The summed E-state index contributed by atoms with van der Waals surface area (Å²) in [7, 11) is 0. The highest BCUT2D eigenvalue weighted by Gasteiger charge is 2.28. The summed E-state index contributed by atoms with van der Waals surface area (Å²) in [6.07, 6.45) is 0.436. The molecule has 1 aromatic carbocycles. The molecule has 0 heterocycles. The highest BCUT2D eigenvalue weighted by Crippen LogP contribution is 2.08. The van der Waals surface area contributed by atoms with Gasteiger partial charge in [-0.1, -0.05) is 44.2 Å². The van der Waals surface area contributed by atoms with Gasteiger partial charge in [0.15, 0.2) is 0 Å². The Labute approximate surface area is 221 Å². The van der Waals surface area contributed by atoms with E-state index in [0.29, 0.717) is 0 Å². The molecule has 0 spiro atoms. The molecule has 13 nitrogen and oxygen atoms in total. The topological polar surface area (TPSA) is 209 Å². The molecule has 0 fully saturated rings. The standard InChI is InChI=1S/C25H38N6O7/c1-14(2)10-18(23(35)27-13-21(33)28-15(3)22(34)29-16(4)25(37)38)31-24(36)19(30-20(32)12-26)11-17-8-6-5-7-9-17/h5-9,14-16,18-19H,10-13,26H2,1-4H3,(H,27,35)(H,28,33)(H,29,34)(H,30,32)(H,31,36)(H,37,38)/t15-,16-,18-,19-/m0/s1. The third-order valence-corrected chi connectivity index (χ3v) is 5.38. The quantitative estimate of drug-likeness (QED) is 0.139. The zero-order valence-electron chi connectivity index (χ0n) is 22.1. The fourth-order valence-corrected chi connectivity index (χ4v) is 3.34. The van der Waals surface area contributed by atoms with Gasteiger partial charge in [0.25, 0.3) is 0 Å². The predicted molar refractivity (Wildman–Crippen MR) is 138 cm³/mol. The first-order valence-corrected chi connectivity index (χ1v) is 12.3. The first-order valence-electron chi connectivity index (χ1n) is 12.3. The van der Waals surface area contributed by atoms with Crippen LogP contribution in [0, 0.1) is 5.92 Å². The van der Waals surface area contributed by atoms with Crippen molar-refractivity contribution in [3.8, 4) is 0 Å². The van der Waals surface area contributed by atoms with Gasteiger partial charge in [0.2, 0.25) is 29.5 Å². The van der Waals surface area contributed by atoms with Gasteiger partial charge in [-0.15, -0.1) is 0 Å². The molecule has 0 aliphatic heterocycles. The lowest BCUT2D eigenvalue weighted by Crippen LogP contribution is -2.56. The molecule has 0 aromatic heterocycles. The molecule has 1 aromatic rings. The molecule has 0 aliphatic carbocycles. The highest BCUT2D eigenvalue weighted by atomic mass is 16.4. The van der Waals surface area contributed by atoms with Crippen molar-refractivity contribution < 1.29 is 33.9 Å². The molecular formula is C25H38N6O7. The lowest BCUT2D eigenvalue weighted by atomic mass is 10.0. The Bertz CT molecular complexity index is 986. The fraction of sp³-hybridized carbons (Fsp3) is 0.520. The van der Waals surface area contributed by atoms with E-state index >= 15 is 0 Å². The summed E-state index contributed by atoms with van der Waals surface area (Å²) in [6, 6.07) is 4.86. The zero-order chi connectivity index (χ0) is 28.8. The molecule has 0 saturated carbocycles. The Morgan fingerprint density at radius 2 is 1.39 bits per heavy atom. The minimum Gasteiger partial charge on any atom is -0.480 e. The summed E-state index contributed by atoms with van der Waals surface area (Å²) < 4.78 is 0. The SMILES string of the molecule is CC(C)C[C@H](NC(=O)[C@H](Cc1ccccc1)NC(=O)CN)C(=O)NCC(=O)N[C@@H](C)C(=O)N[C@@H](C)C(=O)O. The van der Waals surface area contributed by atoms with Gasteiger partial charge < -0.3 is 37.4 Å². The largest absolute Gasteiger partial charge is 0.480 e. The molecule has 0 bridgehead atoms. The van der Waals surface area contributed by atoms with Gasteiger partial charge in [-0.2, -0.15) is 0 Å². The Morgan fingerprint density at radius 3 is 1.95 bits per heavy atom. The Morgan fingerprint density at radius 1 is 0.763 bits per heavy atom. The van der Waals surface area contributed by atoms with Gasteiger partial charge in [-0.3, -0.25) is 28.8 Å². The highest BCUT2D eigenvalue weighted by molar-refractivity contribution is 5.94. The number of rotatable bonds is 15. The predicted octanol–water partition coefficient (Wildman–Crippen LogP) is -1.59. The van der Waals surface area contributed by atoms with Crippen molar-refractivity contribution >= 4 is 35.5 Å². The van der Waals surface area contributed by atoms with Crippen LogP contribution < -0.4 is 32.3 Å². The summed E-state index contributed by atoms with van der Waals surface area (Å²) in [5, 5.41) is 21.1. The molecular weight excluding hydrogens is 496 g/mol. The smallest absolute Gasteiger partial charge is 0.325 e. The fourth-order valence-electron chi connectivity index (χ4n) is 3.34. The number of carbonyl (C=O) groups excluding carboxylic acids is 5. The van der Waals surface area contributed by atoms with Crippen molar-refractivity contribution in [3.63, 3.8) is 0 Å². The average Bonchev–Trinajstić information content (AvgIpc) is 2.86. The monoisotopic (exact) mass is 534 g/mol. The molecule has 4 atom stereocenters. The molecule has 0 aliphatic rings. The number of nitrogens with one attached hydrogen (secondary N) is 5. The van der Waals surface area contributed by atoms with E-state index in [1.165, 1.54) is 13.8 Å². The van der Waals surface area contributed by atoms with Gasteiger partial charge in [0.1, 0.15) is 24.2 Å². The molecule has 210 valence electrons. The van der Waals surface area contributed by atoms with Crippen LogP contribution in [0.2, 0.25) is 0 Å². The normalized spacial score (nSPS) is 13.8. The molecule has 38 heavy (non-hydrogen) atoms. The van der Waals surface area contributed by atoms with Gasteiger partial charge in [0, 0.05) is 6.42 Å². The van der Waals surface area contributed by atoms with Crippen molar-refractivity contribution in [2.45, 2.75) is 64.7 Å². The maximum atomic E-state index is 13.1. The number of carboxylic acids is 1. The second kappa shape index (κ2) is 16.0. The van der Waals surface area contributed by atoms with Crippen LogP contribution in [-0.2, 0) is 35.2 Å². The lowest BCUT2D eigenvalue weighted by Gasteiger charge is -2.24. The van der Waals surface area contributed by atoms with Crippen LogP contribution in [0.25, 0.3) is 0 Å². The van der Waals surface area contributed by atoms with Crippen LogP contribution >= 0.6 is 0 Å². The molecule has 1 rings (SSSR count). The molecule has 5 amide bonds. The third kappa shape index (κ3) is 11.8. The van der Waals surface area contributed by atoms with Gasteiger partial charge in [-0.25, -0.2) is 0 Å². The molecule has 13 heteroatoms. The second-order valence-electron chi connectivity index (χ2n) is 9.28. The van der Waals surface area contributed by atoms with Crippen LogP contribution in [0.3, 0.4) is 0 Å². The number of nitrogens with two attached hydrogens (primary N) is 1. The van der Waals surface area contributed by atoms with Crippen LogP contribution in [-0.4, -0.2) is 77.9 Å². The van der Waals surface area contributed by atoms with Gasteiger partial charge >= 0.3 is 5.97 Å². The second-order valence-corrected chi connectivity index (χ2v) is 9.28. The van der Waals surface area contributed by atoms with Crippen LogP contribution in [0.4, 0.5) is 0 Å². The first-order chi connectivity index (χ1) is 17.8. The first kappa shape index (κ1) is 32.0. The van der Waals surface area contributed by atoms with Crippen LogP contribution in [0.1, 0.15) is 39.7 Å². The van der Waals surface area contributed by atoms with E-state index in [4.69, 9.17) is 10.8 Å². The van der Waals surface area contributed by atoms with Gasteiger partial charge in [0.05, 0.1) is 13.1 Å². The van der Waals surface area contributed by atoms with E-state index in [9.17, 15) is 28.8 Å². The van der Waals surface area contributed by atoms with Crippen molar-refractivity contribution in [2.75, 3.05) is 13.1 Å². The Balaban J connectivity index is 2.80. The van der Waals surface area contributed by atoms with Crippen LogP contribution in [0.5, 0.6) is 0 Å². The molecule has 0 unspecified atom stereocenters. The summed E-state index contributed by atoms with van der Waals surface area (Å²) in [4.78, 5) is 73.0. The van der Waals surface area contributed by atoms with E-state index < -0.39 is 66.2 Å². The maximum absolute atomic E-state index is 13.1. The minimum atomic E-state index is -1.23. The number of carboxylic acid groups (broad SMARTS) is 1. The lowest BCUT2D eigenvalue weighted by molar-refractivity contribution is -0.141. The van der Waals surface area contributed by atoms with E-state index in [1.807, 2.05) is 19.9 Å². The summed E-state index contributed by atoms with van der Waals surface area (Å²) in [6.45, 7) is 5.57. The number of amides is 5. The minimum absolute atomic E-state index is 0.00558. The van der Waals surface area contributed by atoms with Gasteiger partial charge in [-0.05, 0) is 31.7 Å². The van der Waals surface area contributed by atoms with Crippen molar-refractivity contribution in [2.24, 2.45) is 11.7 Å². The third-order valence-electron chi connectivity index (χ3n) is 5.38. The number of hydrogen-bond donors (Lipinski definition) is 7. The van der Waals surface area contributed by atoms with Crippen molar-refractivity contribution in [1.82, 2.24) is 26.6 Å². The van der Waals surface area contributed by atoms with Crippen molar-refractivity contribution in [1.29, 1.82) is 0 Å². The number of benzene rings is 1. The molecule has 0 radical (unpaired) electrons. The average molecular weight is 535 g/mol. The number of hydrogen-bond acceptors (Lipinski definition) is 7. The van der Waals surface area contributed by atoms with E-state index in [1.54, 1.807) is 24.3 Å². The Hall–Kier alpha value is -4.00. The van der Waals surface area contributed by atoms with E-state index in [-0.39, 0.29) is 25.3 Å². The summed E-state index contributed by atoms with van der Waals surface area (Å²) in [5.41, 5.74) is 6.18.